The van der Waals surface area contributed by atoms with Gasteiger partial charge in [0, 0.05) is 6.54 Å². The molecule has 1 aliphatic heterocycles. The minimum atomic E-state index is -0.0897. The van der Waals surface area contributed by atoms with Crippen molar-refractivity contribution in [2.75, 3.05) is 20.1 Å². The number of aliphatic hydroxyl groups is 1. The normalized spacial score (nSPS) is 30.0. The molecule has 12 heavy (non-hydrogen) atoms. The number of hydrogen-bond acceptors (Lipinski definition) is 2. The maximum Gasteiger partial charge on any atom is 0.0667 e. The van der Waals surface area contributed by atoms with E-state index in [0.717, 1.165) is 19.5 Å². The molecule has 0 aliphatic carbocycles. The molecule has 2 nitrogen and oxygen atoms in total. The minimum Gasteiger partial charge on any atom is -0.392 e. The first-order chi connectivity index (χ1) is 5.79. The lowest BCUT2D eigenvalue weighted by Crippen LogP contribution is -2.30. The second-order valence-electron chi connectivity index (χ2n) is 3.97. The Balaban J connectivity index is 2.24. The molecule has 1 fully saturated rings. The van der Waals surface area contributed by atoms with E-state index in [4.69, 9.17) is 0 Å². The van der Waals surface area contributed by atoms with Gasteiger partial charge in [0.05, 0.1) is 6.10 Å². The second kappa shape index (κ2) is 5.55. The van der Waals surface area contributed by atoms with Crippen LogP contribution in [-0.4, -0.2) is 36.2 Å². The van der Waals surface area contributed by atoms with E-state index in [0.29, 0.717) is 0 Å². The van der Waals surface area contributed by atoms with Gasteiger partial charge in [0.2, 0.25) is 0 Å². The van der Waals surface area contributed by atoms with Crippen LogP contribution in [0, 0.1) is 0 Å². The fourth-order valence-electron chi connectivity index (χ4n) is 1.83. The van der Waals surface area contributed by atoms with Crippen molar-refractivity contribution < 1.29 is 5.11 Å². The zero-order valence-corrected chi connectivity index (χ0v) is 8.13. The lowest BCUT2D eigenvalue weighted by Gasteiger charge is -2.21. The van der Waals surface area contributed by atoms with E-state index < -0.39 is 0 Å². The SMILES string of the molecule is CN1CCCCCCCC(O)C1. The van der Waals surface area contributed by atoms with Crippen LogP contribution in [-0.2, 0) is 0 Å². The fraction of sp³-hybridized carbons (Fsp3) is 1.00. The number of rotatable bonds is 0. The molecule has 1 unspecified atom stereocenters. The van der Waals surface area contributed by atoms with Crippen LogP contribution in [0.25, 0.3) is 0 Å². The number of nitrogens with zero attached hydrogens (tertiary/aromatic N) is 1. The largest absolute Gasteiger partial charge is 0.392 e. The van der Waals surface area contributed by atoms with Crippen molar-refractivity contribution in [1.82, 2.24) is 4.90 Å². The zero-order valence-electron chi connectivity index (χ0n) is 8.13. The lowest BCUT2D eigenvalue weighted by molar-refractivity contribution is 0.111. The molecule has 0 bridgehead atoms. The fourth-order valence-corrected chi connectivity index (χ4v) is 1.83. The van der Waals surface area contributed by atoms with Crippen LogP contribution in [0.2, 0.25) is 0 Å². The highest BCUT2D eigenvalue weighted by Gasteiger charge is 2.09. The van der Waals surface area contributed by atoms with E-state index in [1.54, 1.807) is 0 Å². The monoisotopic (exact) mass is 171 g/mol. The molecular weight excluding hydrogens is 150 g/mol. The van der Waals surface area contributed by atoms with Gasteiger partial charge in [0.25, 0.3) is 0 Å². The van der Waals surface area contributed by atoms with Gasteiger partial charge in [-0.15, -0.1) is 0 Å². The topological polar surface area (TPSA) is 23.5 Å². The summed E-state index contributed by atoms with van der Waals surface area (Å²) < 4.78 is 0. The minimum absolute atomic E-state index is 0.0897. The summed E-state index contributed by atoms with van der Waals surface area (Å²) in [6.45, 7) is 2.01. The van der Waals surface area contributed by atoms with Crippen molar-refractivity contribution >= 4 is 0 Å². The summed E-state index contributed by atoms with van der Waals surface area (Å²) >= 11 is 0. The quantitative estimate of drug-likeness (QED) is 0.599. The summed E-state index contributed by atoms with van der Waals surface area (Å²) in [5, 5.41) is 9.56. The highest BCUT2D eigenvalue weighted by molar-refractivity contribution is 4.63. The summed E-state index contributed by atoms with van der Waals surface area (Å²) in [5.74, 6) is 0. The third kappa shape index (κ3) is 4.07. The van der Waals surface area contributed by atoms with Crippen molar-refractivity contribution in [2.24, 2.45) is 0 Å². The Bertz CT molecular complexity index is 104. The molecule has 0 radical (unpaired) electrons. The molecule has 0 saturated carbocycles. The van der Waals surface area contributed by atoms with Crippen LogP contribution >= 0.6 is 0 Å². The molecule has 1 aliphatic rings. The Morgan fingerprint density at radius 3 is 2.58 bits per heavy atom. The first-order valence-corrected chi connectivity index (χ1v) is 5.15. The molecule has 1 saturated heterocycles. The molecule has 0 aromatic heterocycles. The summed E-state index contributed by atoms with van der Waals surface area (Å²) in [6, 6.07) is 0. The maximum absolute atomic E-state index is 9.56. The first kappa shape index (κ1) is 10.0. The van der Waals surface area contributed by atoms with E-state index in [2.05, 4.69) is 11.9 Å². The Hall–Kier alpha value is -0.0800. The number of β-amino-alcohol motifs (C(OH)–C–C–N with tert-alkyl or cyclic N) is 1. The molecule has 1 N–H and O–H groups in total. The molecule has 1 atom stereocenters. The molecule has 0 aromatic rings. The van der Waals surface area contributed by atoms with Crippen LogP contribution in [0.5, 0.6) is 0 Å². The van der Waals surface area contributed by atoms with Crippen molar-refractivity contribution in [3.05, 3.63) is 0 Å². The first-order valence-electron chi connectivity index (χ1n) is 5.15. The molecule has 2 heteroatoms. The third-order valence-corrected chi connectivity index (χ3v) is 2.60. The Kier molecular flexibility index (Phi) is 4.62. The number of aliphatic hydroxyl groups excluding tert-OH is 1. The van der Waals surface area contributed by atoms with Gasteiger partial charge in [0.15, 0.2) is 0 Å². The number of hydrogen-bond donors (Lipinski definition) is 1. The Morgan fingerprint density at radius 2 is 1.75 bits per heavy atom. The standard InChI is InChI=1S/C10H21NO/c1-11-8-6-4-2-3-5-7-10(12)9-11/h10,12H,2-9H2,1H3. The van der Waals surface area contributed by atoms with Gasteiger partial charge in [-0.2, -0.15) is 0 Å². The summed E-state index contributed by atoms with van der Waals surface area (Å²) in [7, 11) is 2.10. The van der Waals surface area contributed by atoms with Crippen molar-refractivity contribution in [2.45, 2.75) is 44.6 Å². The third-order valence-electron chi connectivity index (χ3n) is 2.60. The van der Waals surface area contributed by atoms with Gasteiger partial charge in [-0.05, 0) is 26.4 Å². The Labute approximate surface area is 75.6 Å². The van der Waals surface area contributed by atoms with Gasteiger partial charge < -0.3 is 10.0 Å². The molecule has 1 heterocycles. The molecule has 0 aromatic carbocycles. The average Bonchev–Trinajstić information content (AvgIpc) is 2.02. The van der Waals surface area contributed by atoms with Gasteiger partial charge in [-0.25, -0.2) is 0 Å². The molecule has 0 amide bonds. The van der Waals surface area contributed by atoms with Gasteiger partial charge >= 0.3 is 0 Å². The van der Waals surface area contributed by atoms with Crippen LogP contribution in [0.4, 0.5) is 0 Å². The molecular formula is C10H21NO. The van der Waals surface area contributed by atoms with E-state index in [9.17, 15) is 5.11 Å². The van der Waals surface area contributed by atoms with Crippen LogP contribution < -0.4 is 0 Å². The van der Waals surface area contributed by atoms with Crippen LogP contribution in [0.15, 0.2) is 0 Å². The van der Waals surface area contributed by atoms with E-state index in [1.807, 2.05) is 0 Å². The van der Waals surface area contributed by atoms with Crippen molar-refractivity contribution in [3.8, 4) is 0 Å². The van der Waals surface area contributed by atoms with Gasteiger partial charge in [-0.3, -0.25) is 0 Å². The van der Waals surface area contributed by atoms with E-state index in [-0.39, 0.29) is 6.10 Å². The maximum atomic E-state index is 9.56. The smallest absolute Gasteiger partial charge is 0.0667 e. The molecule has 0 spiro atoms. The number of likely N-dealkylation sites (N-methyl/N-ethyl adjacent to an activating group) is 1. The molecule has 1 rings (SSSR count). The summed E-state index contributed by atoms with van der Waals surface area (Å²) in [6.07, 6.45) is 7.41. The van der Waals surface area contributed by atoms with Crippen molar-refractivity contribution in [1.29, 1.82) is 0 Å². The van der Waals surface area contributed by atoms with Gasteiger partial charge in [-0.1, -0.05) is 25.7 Å². The van der Waals surface area contributed by atoms with Crippen LogP contribution in [0.3, 0.4) is 0 Å². The zero-order chi connectivity index (χ0) is 8.81. The Morgan fingerprint density at radius 1 is 1.08 bits per heavy atom. The predicted molar refractivity (Wildman–Crippen MR) is 51.2 cm³/mol. The van der Waals surface area contributed by atoms with E-state index >= 15 is 0 Å². The average molecular weight is 171 g/mol. The highest BCUT2D eigenvalue weighted by Crippen LogP contribution is 2.10. The highest BCUT2D eigenvalue weighted by atomic mass is 16.3. The van der Waals surface area contributed by atoms with Crippen molar-refractivity contribution in [3.63, 3.8) is 0 Å². The van der Waals surface area contributed by atoms with Crippen LogP contribution in [0.1, 0.15) is 38.5 Å². The van der Waals surface area contributed by atoms with Gasteiger partial charge in [0.1, 0.15) is 0 Å². The predicted octanol–water partition coefficient (Wildman–Crippen LogP) is 1.63. The second-order valence-corrected chi connectivity index (χ2v) is 3.97. The summed E-state index contributed by atoms with van der Waals surface area (Å²) in [5.41, 5.74) is 0. The lowest BCUT2D eigenvalue weighted by atomic mass is 10.1. The summed E-state index contributed by atoms with van der Waals surface area (Å²) in [4.78, 5) is 2.25. The van der Waals surface area contributed by atoms with E-state index in [1.165, 1.54) is 32.1 Å². The molecule has 72 valence electrons.